The Morgan fingerprint density at radius 1 is 1.53 bits per heavy atom. The number of hydrogen-bond acceptors (Lipinski definition) is 6. The molecular formula is C9H14N6OS. The zero-order valence-electron chi connectivity index (χ0n) is 9.97. The maximum atomic E-state index is 10.9. The molecule has 0 radical (unpaired) electrons. The molecule has 0 atom stereocenters. The molecule has 0 saturated carbocycles. The van der Waals surface area contributed by atoms with E-state index in [1.165, 1.54) is 6.92 Å². The predicted molar refractivity (Wildman–Crippen MR) is 64.5 cm³/mol. The van der Waals surface area contributed by atoms with Gasteiger partial charge in [-0.2, -0.15) is 9.97 Å². The third kappa shape index (κ3) is 2.57. The number of rotatable bonds is 2. The molecule has 0 spiro atoms. The maximum Gasteiger partial charge on any atom is 0.252 e. The van der Waals surface area contributed by atoms with E-state index < -0.39 is 0 Å². The first-order valence-corrected chi connectivity index (χ1v) is 6.16. The van der Waals surface area contributed by atoms with Crippen LogP contribution >= 0.6 is 11.8 Å². The minimum absolute atomic E-state index is 0.213. The SMILES string of the molecule is CC(=O)N/N=c1/nc(N(C)C)nc2n1CCS2. The second kappa shape index (κ2) is 4.74. The standard InChI is InChI=1S/C9H14N6OS/c1-6(16)12-13-8-10-7(14(2)3)11-9-15(8)4-5-17-9/h4-5H2,1-3H3,(H,12,16)/b13-8-. The van der Waals surface area contributed by atoms with Gasteiger partial charge in [0.15, 0.2) is 5.16 Å². The Hall–Kier alpha value is -1.57. The van der Waals surface area contributed by atoms with Gasteiger partial charge in [-0.3, -0.25) is 9.36 Å². The number of thioether (sulfide) groups is 1. The third-order valence-corrected chi connectivity index (χ3v) is 3.08. The number of hydrogen-bond donors (Lipinski definition) is 1. The lowest BCUT2D eigenvalue weighted by Crippen LogP contribution is -2.31. The highest BCUT2D eigenvalue weighted by molar-refractivity contribution is 7.99. The van der Waals surface area contributed by atoms with E-state index in [-0.39, 0.29) is 5.91 Å². The zero-order valence-corrected chi connectivity index (χ0v) is 10.8. The predicted octanol–water partition coefficient (Wildman–Crippen LogP) is -0.598. The van der Waals surface area contributed by atoms with Gasteiger partial charge in [-0.15, -0.1) is 5.10 Å². The van der Waals surface area contributed by atoms with E-state index >= 15 is 0 Å². The smallest absolute Gasteiger partial charge is 0.252 e. The first kappa shape index (κ1) is 11.9. The molecule has 7 nitrogen and oxygen atoms in total. The van der Waals surface area contributed by atoms with Gasteiger partial charge in [0.05, 0.1) is 0 Å². The van der Waals surface area contributed by atoms with Crippen molar-refractivity contribution in [1.29, 1.82) is 0 Å². The Balaban J connectivity index is 2.49. The van der Waals surface area contributed by atoms with Crippen LogP contribution in [0.25, 0.3) is 0 Å². The molecule has 92 valence electrons. The van der Waals surface area contributed by atoms with Crippen LogP contribution in [0.1, 0.15) is 6.92 Å². The molecule has 0 aliphatic carbocycles. The molecule has 17 heavy (non-hydrogen) atoms. The summed E-state index contributed by atoms with van der Waals surface area (Å²) < 4.78 is 1.90. The Bertz CT molecular complexity index is 509. The third-order valence-electron chi connectivity index (χ3n) is 2.13. The number of carbonyl (C=O) groups is 1. The van der Waals surface area contributed by atoms with Crippen LogP contribution in [-0.2, 0) is 11.3 Å². The van der Waals surface area contributed by atoms with Gasteiger partial charge >= 0.3 is 0 Å². The van der Waals surface area contributed by atoms with Crippen molar-refractivity contribution in [2.24, 2.45) is 5.10 Å². The number of carbonyl (C=O) groups excluding carboxylic acids is 1. The molecule has 8 heteroatoms. The van der Waals surface area contributed by atoms with E-state index in [1.807, 2.05) is 23.6 Å². The molecule has 0 aromatic carbocycles. The van der Waals surface area contributed by atoms with Crippen molar-refractivity contribution in [2.75, 3.05) is 24.7 Å². The van der Waals surface area contributed by atoms with Crippen LogP contribution in [0, 0.1) is 0 Å². The number of anilines is 1. The average molecular weight is 254 g/mol. The Morgan fingerprint density at radius 2 is 2.29 bits per heavy atom. The second-order valence-corrected chi connectivity index (χ2v) is 4.84. The lowest BCUT2D eigenvalue weighted by atomic mass is 10.7. The van der Waals surface area contributed by atoms with Gasteiger partial charge in [0.25, 0.3) is 5.62 Å². The van der Waals surface area contributed by atoms with Gasteiger partial charge in [0.2, 0.25) is 11.9 Å². The summed E-state index contributed by atoms with van der Waals surface area (Å²) >= 11 is 1.66. The van der Waals surface area contributed by atoms with Crippen molar-refractivity contribution < 1.29 is 4.79 Å². The van der Waals surface area contributed by atoms with Crippen molar-refractivity contribution in [1.82, 2.24) is 20.0 Å². The summed E-state index contributed by atoms with van der Waals surface area (Å²) in [5, 5.41) is 4.87. The molecular weight excluding hydrogens is 240 g/mol. The van der Waals surface area contributed by atoms with E-state index in [0.717, 1.165) is 17.5 Å². The molecule has 1 amide bonds. The molecule has 1 aliphatic rings. The van der Waals surface area contributed by atoms with E-state index in [9.17, 15) is 4.79 Å². The van der Waals surface area contributed by atoms with Crippen LogP contribution in [0.2, 0.25) is 0 Å². The second-order valence-electron chi connectivity index (χ2n) is 3.78. The normalized spacial score (nSPS) is 14.6. The summed E-state index contributed by atoms with van der Waals surface area (Å²) in [5.41, 5.74) is 2.89. The summed E-state index contributed by atoms with van der Waals surface area (Å²) in [7, 11) is 3.74. The fourth-order valence-electron chi connectivity index (χ4n) is 1.35. The van der Waals surface area contributed by atoms with Gasteiger partial charge < -0.3 is 4.90 Å². The number of aromatic nitrogens is 3. The molecule has 0 fully saturated rings. The van der Waals surface area contributed by atoms with Crippen LogP contribution in [-0.4, -0.2) is 40.3 Å². The Labute approximate surface area is 103 Å². The van der Waals surface area contributed by atoms with Gasteiger partial charge in [0.1, 0.15) is 0 Å². The lowest BCUT2D eigenvalue weighted by Gasteiger charge is -2.11. The van der Waals surface area contributed by atoms with Crippen molar-refractivity contribution >= 4 is 23.6 Å². The molecule has 1 aromatic heterocycles. The van der Waals surface area contributed by atoms with Gasteiger partial charge in [-0.25, -0.2) is 5.43 Å². The van der Waals surface area contributed by atoms with E-state index in [1.54, 1.807) is 11.8 Å². The van der Waals surface area contributed by atoms with Gasteiger partial charge in [0, 0.05) is 33.3 Å². The molecule has 1 N–H and O–H groups in total. The average Bonchev–Trinajstić information content (AvgIpc) is 2.73. The van der Waals surface area contributed by atoms with E-state index in [0.29, 0.717) is 11.6 Å². The summed E-state index contributed by atoms with van der Waals surface area (Å²) in [4.78, 5) is 21.4. The monoisotopic (exact) mass is 254 g/mol. The van der Waals surface area contributed by atoms with Crippen LogP contribution in [0.15, 0.2) is 10.3 Å². The number of nitrogens with zero attached hydrogens (tertiary/aromatic N) is 5. The summed E-state index contributed by atoms with van der Waals surface area (Å²) in [5.74, 6) is 1.33. The molecule has 2 rings (SSSR count). The molecule has 1 aromatic rings. The minimum Gasteiger partial charge on any atom is -0.347 e. The van der Waals surface area contributed by atoms with Crippen LogP contribution in [0.5, 0.6) is 0 Å². The Kier molecular flexibility index (Phi) is 3.32. The first-order valence-electron chi connectivity index (χ1n) is 5.17. The number of amides is 1. The van der Waals surface area contributed by atoms with E-state index in [4.69, 9.17) is 0 Å². The Morgan fingerprint density at radius 3 is 2.94 bits per heavy atom. The van der Waals surface area contributed by atoms with Gasteiger partial charge in [-0.05, 0) is 0 Å². The molecule has 1 aliphatic heterocycles. The van der Waals surface area contributed by atoms with Crippen molar-refractivity contribution in [3.8, 4) is 0 Å². The molecule has 0 bridgehead atoms. The van der Waals surface area contributed by atoms with Crippen LogP contribution in [0.3, 0.4) is 0 Å². The summed E-state index contributed by atoms with van der Waals surface area (Å²) in [6.45, 7) is 2.23. The maximum absolute atomic E-state index is 10.9. The van der Waals surface area contributed by atoms with Crippen molar-refractivity contribution in [2.45, 2.75) is 18.6 Å². The van der Waals surface area contributed by atoms with Gasteiger partial charge in [-0.1, -0.05) is 11.8 Å². The zero-order chi connectivity index (χ0) is 12.4. The lowest BCUT2D eigenvalue weighted by molar-refractivity contribution is -0.119. The van der Waals surface area contributed by atoms with Crippen LogP contribution in [0.4, 0.5) is 5.95 Å². The number of nitrogens with one attached hydrogen (secondary N) is 1. The largest absolute Gasteiger partial charge is 0.347 e. The first-order chi connectivity index (χ1) is 8.08. The van der Waals surface area contributed by atoms with Crippen LogP contribution < -0.4 is 15.9 Å². The summed E-state index contributed by atoms with van der Waals surface area (Å²) in [6, 6.07) is 0. The van der Waals surface area contributed by atoms with Crippen molar-refractivity contribution in [3.05, 3.63) is 5.62 Å². The summed E-state index contributed by atoms with van der Waals surface area (Å²) in [6.07, 6.45) is 0. The highest BCUT2D eigenvalue weighted by Crippen LogP contribution is 2.21. The highest BCUT2D eigenvalue weighted by Gasteiger charge is 2.16. The number of fused-ring (bicyclic) bond motifs is 1. The fraction of sp³-hybridized carbons (Fsp3) is 0.556. The minimum atomic E-state index is -0.213. The van der Waals surface area contributed by atoms with E-state index in [2.05, 4.69) is 20.5 Å². The molecule has 2 heterocycles. The quantitative estimate of drug-likeness (QED) is 0.713. The molecule has 0 unspecified atom stereocenters. The highest BCUT2D eigenvalue weighted by atomic mass is 32.2. The molecule has 0 saturated heterocycles. The van der Waals surface area contributed by atoms with Crippen molar-refractivity contribution in [3.63, 3.8) is 0 Å². The topological polar surface area (TPSA) is 75.4 Å². The fourth-order valence-corrected chi connectivity index (χ4v) is 2.29.